The molecule has 1 aliphatic heterocycles. The maximum absolute atomic E-state index is 12.8. The summed E-state index contributed by atoms with van der Waals surface area (Å²) in [6.07, 6.45) is 1.34. The molecule has 0 N–H and O–H groups in total. The fraction of sp³-hybridized carbons (Fsp3) is 0.300. The first kappa shape index (κ1) is 17.9. The lowest BCUT2D eigenvalue weighted by atomic mass is 9.98. The molecule has 4 rings (SSSR count). The van der Waals surface area contributed by atoms with Crippen LogP contribution in [0.15, 0.2) is 64.0 Å². The van der Waals surface area contributed by atoms with Crippen molar-refractivity contribution >= 4 is 10.0 Å². The van der Waals surface area contributed by atoms with Crippen LogP contribution in [0.1, 0.15) is 30.2 Å². The van der Waals surface area contributed by atoms with Crippen LogP contribution in [0, 0.1) is 6.92 Å². The number of benzene rings is 2. The van der Waals surface area contributed by atoms with Crippen LogP contribution in [-0.2, 0) is 10.0 Å². The first-order chi connectivity index (χ1) is 13.0. The van der Waals surface area contributed by atoms with Crippen LogP contribution in [0.5, 0.6) is 0 Å². The number of piperidine rings is 1. The summed E-state index contributed by atoms with van der Waals surface area (Å²) in [7, 11) is -3.46. The Hall–Kier alpha value is -2.51. The first-order valence-corrected chi connectivity index (χ1v) is 10.4. The van der Waals surface area contributed by atoms with Gasteiger partial charge in [-0.15, -0.1) is 0 Å². The van der Waals surface area contributed by atoms with Crippen molar-refractivity contribution in [2.75, 3.05) is 13.1 Å². The number of aromatic nitrogens is 2. The molecule has 0 amide bonds. The van der Waals surface area contributed by atoms with Crippen molar-refractivity contribution in [2.45, 2.75) is 30.6 Å². The zero-order chi connectivity index (χ0) is 18.9. The number of aryl methyl sites for hydroxylation is 1. The fourth-order valence-electron chi connectivity index (χ4n) is 3.31. The lowest BCUT2D eigenvalue weighted by Crippen LogP contribution is -2.37. The highest BCUT2D eigenvalue weighted by Gasteiger charge is 2.32. The minimum absolute atomic E-state index is 0.0828. The molecule has 2 aromatic carbocycles. The Balaban J connectivity index is 1.45. The molecule has 0 bridgehead atoms. The minimum atomic E-state index is -3.46. The molecule has 0 aliphatic carbocycles. The number of nitrogens with zero attached hydrogens (tertiary/aromatic N) is 3. The van der Waals surface area contributed by atoms with E-state index in [1.807, 2.05) is 49.4 Å². The fourth-order valence-corrected chi connectivity index (χ4v) is 4.78. The van der Waals surface area contributed by atoms with Gasteiger partial charge < -0.3 is 4.52 Å². The van der Waals surface area contributed by atoms with E-state index in [-0.39, 0.29) is 5.92 Å². The highest BCUT2D eigenvalue weighted by Crippen LogP contribution is 2.31. The molecular weight excluding hydrogens is 362 g/mol. The summed E-state index contributed by atoms with van der Waals surface area (Å²) in [6, 6.07) is 16.7. The quantitative estimate of drug-likeness (QED) is 0.688. The molecule has 7 heteroatoms. The number of rotatable bonds is 4. The van der Waals surface area contributed by atoms with Crippen LogP contribution in [-0.4, -0.2) is 36.0 Å². The zero-order valence-corrected chi connectivity index (χ0v) is 15.9. The molecule has 6 nitrogen and oxygen atoms in total. The SMILES string of the molecule is Cc1ccc(S(=O)(=O)N2CCC(c3nc(-c4ccccc4)no3)CC2)cc1. The zero-order valence-electron chi connectivity index (χ0n) is 15.1. The van der Waals surface area contributed by atoms with Crippen molar-refractivity contribution < 1.29 is 12.9 Å². The predicted octanol–water partition coefficient (Wildman–Crippen LogP) is 3.61. The average Bonchev–Trinajstić information content (AvgIpc) is 3.19. The third-order valence-electron chi connectivity index (χ3n) is 4.94. The molecule has 0 unspecified atom stereocenters. The predicted molar refractivity (Wildman–Crippen MR) is 102 cm³/mol. The lowest BCUT2D eigenvalue weighted by molar-refractivity contribution is 0.271. The summed E-state index contributed by atoms with van der Waals surface area (Å²) in [6.45, 7) is 2.84. The van der Waals surface area contributed by atoms with Crippen LogP contribution in [0.2, 0.25) is 0 Å². The number of hydrogen-bond acceptors (Lipinski definition) is 5. The average molecular weight is 383 g/mol. The highest BCUT2D eigenvalue weighted by atomic mass is 32.2. The lowest BCUT2D eigenvalue weighted by Gasteiger charge is -2.29. The Bertz CT molecular complexity index is 1010. The van der Waals surface area contributed by atoms with Crippen LogP contribution in [0.3, 0.4) is 0 Å². The van der Waals surface area contributed by atoms with Gasteiger partial charge in [-0.1, -0.05) is 53.2 Å². The van der Waals surface area contributed by atoms with Gasteiger partial charge in [0.15, 0.2) is 0 Å². The third-order valence-corrected chi connectivity index (χ3v) is 6.85. The van der Waals surface area contributed by atoms with E-state index < -0.39 is 10.0 Å². The Labute approximate surface area is 158 Å². The first-order valence-electron chi connectivity index (χ1n) is 9.00. The number of sulfonamides is 1. The minimum Gasteiger partial charge on any atom is -0.339 e. The van der Waals surface area contributed by atoms with Gasteiger partial charge in [0.05, 0.1) is 4.90 Å². The van der Waals surface area contributed by atoms with Gasteiger partial charge in [-0.05, 0) is 31.9 Å². The Morgan fingerprint density at radius 2 is 1.67 bits per heavy atom. The maximum atomic E-state index is 12.8. The van der Waals surface area contributed by atoms with E-state index in [0.717, 1.165) is 11.1 Å². The Morgan fingerprint density at radius 3 is 2.33 bits per heavy atom. The van der Waals surface area contributed by atoms with Crippen molar-refractivity contribution in [2.24, 2.45) is 0 Å². The van der Waals surface area contributed by atoms with Crippen molar-refractivity contribution in [1.29, 1.82) is 0 Å². The van der Waals surface area contributed by atoms with Crippen LogP contribution < -0.4 is 0 Å². The Morgan fingerprint density at radius 1 is 1.00 bits per heavy atom. The summed E-state index contributed by atoms with van der Waals surface area (Å²) in [5, 5.41) is 4.07. The third kappa shape index (κ3) is 3.65. The van der Waals surface area contributed by atoms with Gasteiger partial charge in [0.1, 0.15) is 0 Å². The molecule has 2 heterocycles. The van der Waals surface area contributed by atoms with E-state index in [9.17, 15) is 8.42 Å². The maximum Gasteiger partial charge on any atom is 0.243 e. The summed E-state index contributed by atoms with van der Waals surface area (Å²) < 4.78 is 32.6. The van der Waals surface area contributed by atoms with Gasteiger partial charge in [0.2, 0.25) is 21.7 Å². The smallest absolute Gasteiger partial charge is 0.243 e. The van der Waals surface area contributed by atoms with Gasteiger partial charge in [-0.3, -0.25) is 0 Å². The van der Waals surface area contributed by atoms with E-state index in [0.29, 0.717) is 42.5 Å². The van der Waals surface area contributed by atoms with Gasteiger partial charge in [0, 0.05) is 24.6 Å². The van der Waals surface area contributed by atoms with E-state index in [2.05, 4.69) is 10.1 Å². The van der Waals surface area contributed by atoms with Crippen LogP contribution in [0.25, 0.3) is 11.4 Å². The van der Waals surface area contributed by atoms with E-state index in [4.69, 9.17) is 4.52 Å². The van der Waals surface area contributed by atoms with Crippen molar-refractivity contribution in [3.05, 3.63) is 66.1 Å². The monoisotopic (exact) mass is 383 g/mol. The van der Waals surface area contributed by atoms with Crippen molar-refractivity contribution in [3.63, 3.8) is 0 Å². The van der Waals surface area contributed by atoms with E-state index >= 15 is 0 Å². The molecule has 1 fully saturated rings. The highest BCUT2D eigenvalue weighted by molar-refractivity contribution is 7.89. The molecule has 3 aromatic rings. The van der Waals surface area contributed by atoms with E-state index in [1.54, 1.807) is 16.4 Å². The van der Waals surface area contributed by atoms with E-state index in [1.165, 1.54) is 0 Å². The molecule has 1 aromatic heterocycles. The Kier molecular flexibility index (Phi) is 4.80. The molecule has 140 valence electrons. The van der Waals surface area contributed by atoms with Crippen LogP contribution in [0.4, 0.5) is 0 Å². The standard InChI is InChI=1S/C20H21N3O3S/c1-15-7-9-18(10-8-15)27(24,25)23-13-11-17(12-14-23)20-21-19(22-26-20)16-5-3-2-4-6-16/h2-10,17H,11-14H2,1H3. The molecule has 1 saturated heterocycles. The molecular formula is C20H21N3O3S. The topological polar surface area (TPSA) is 76.3 Å². The summed E-state index contributed by atoms with van der Waals surface area (Å²) >= 11 is 0. The van der Waals surface area contributed by atoms with Crippen molar-refractivity contribution in [1.82, 2.24) is 14.4 Å². The van der Waals surface area contributed by atoms with Crippen LogP contribution >= 0.6 is 0 Å². The number of hydrogen-bond donors (Lipinski definition) is 0. The largest absolute Gasteiger partial charge is 0.339 e. The molecule has 1 aliphatic rings. The summed E-state index contributed by atoms with van der Waals surface area (Å²) in [4.78, 5) is 4.86. The second kappa shape index (κ2) is 7.25. The normalized spacial score (nSPS) is 16.5. The summed E-state index contributed by atoms with van der Waals surface area (Å²) in [5.74, 6) is 1.24. The molecule has 0 spiro atoms. The van der Waals surface area contributed by atoms with Gasteiger partial charge in [-0.2, -0.15) is 9.29 Å². The molecule has 0 radical (unpaired) electrons. The summed E-state index contributed by atoms with van der Waals surface area (Å²) in [5.41, 5.74) is 1.95. The second-order valence-corrected chi connectivity index (χ2v) is 8.75. The van der Waals surface area contributed by atoms with Gasteiger partial charge in [-0.25, -0.2) is 8.42 Å². The molecule has 0 atom stereocenters. The molecule has 0 saturated carbocycles. The second-order valence-electron chi connectivity index (χ2n) is 6.81. The van der Waals surface area contributed by atoms with Gasteiger partial charge in [0.25, 0.3) is 0 Å². The van der Waals surface area contributed by atoms with Gasteiger partial charge >= 0.3 is 0 Å². The molecule has 27 heavy (non-hydrogen) atoms. The van der Waals surface area contributed by atoms with Crippen molar-refractivity contribution in [3.8, 4) is 11.4 Å².